The molecule has 1 aliphatic rings. The number of amides is 1. The molecule has 1 amide bonds. The number of fused-ring (bicyclic) bond motifs is 2. The number of carbonyl (C=O) groups is 1. The summed E-state index contributed by atoms with van der Waals surface area (Å²) in [7, 11) is 3.14. The van der Waals surface area contributed by atoms with Gasteiger partial charge in [0, 0.05) is 34.7 Å². The Kier molecular flexibility index (Phi) is 6.49. The molecule has 184 valence electrons. The highest BCUT2D eigenvalue weighted by molar-refractivity contribution is 5.94. The van der Waals surface area contributed by atoms with Crippen molar-refractivity contribution in [3.05, 3.63) is 93.8 Å². The van der Waals surface area contributed by atoms with E-state index in [1.807, 2.05) is 30.3 Å². The molecule has 2 heterocycles. The SMILES string of the molecule is COc1cccc(C(=O)N(Cc2ccccc2OC)Cc2cc3cc4c(cc3[nH]c2=O)OCCO4)c1. The normalized spacial score (nSPS) is 12.3. The summed E-state index contributed by atoms with van der Waals surface area (Å²) in [6.07, 6.45) is 0. The topological polar surface area (TPSA) is 90.1 Å². The number of hydrogen-bond acceptors (Lipinski definition) is 6. The van der Waals surface area contributed by atoms with E-state index in [9.17, 15) is 9.59 Å². The molecule has 1 aromatic heterocycles. The third-order valence-corrected chi connectivity index (χ3v) is 6.10. The Morgan fingerprint density at radius 2 is 1.64 bits per heavy atom. The number of nitrogens with zero attached hydrogens (tertiary/aromatic N) is 1. The third kappa shape index (κ3) is 4.70. The molecule has 0 spiro atoms. The Labute approximate surface area is 208 Å². The van der Waals surface area contributed by atoms with E-state index in [0.29, 0.717) is 52.9 Å². The summed E-state index contributed by atoms with van der Waals surface area (Å²) in [4.78, 5) is 31.3. The van der Waals surface area contributed by atoms with E-state index in [2.05, 4.69) is 4.98 Å². The van der Waals surface area contributed by atoms with Gasteiger partial charge in [-0.05, 0) is 36.4 Å². The number of para-hydroxylation sites is 1. The van der Waals surface area contributed by atoms with Crippen LogP contribution in [0.25, 0.3) is 10.9 Å². The van der Waals surface area contributed by atoms with Crippen molar-refractivity contribution in [2.24, 2.45) is 0 Å². The highest BCUT2D eigenvalue weighted by Gasteiger charge is 2.21. The number of H-pyrrole nitrogens is 1. The van der Waals surface area contributed by atoms with E-state index in [1.54, 1.807) is 55.5 Å². The number of nitrogens with one attached hydrogen (secondary N) is 1. The van der Waals surface area contributed by atoms with E-state index in [0.717, 1.165) is 10.9 Å². The van der Waals surface area contributed by atoms with Crippen molar-refractivity contribution in [2.75, 3.05) is 27.4 Å². The lowest BCUT2D eigenvalue weighted by atomic mass is 10.1. The second kappa shape index (κ2) is 10.0. The minimum absolute atomic E-state index is 0.0911. The van der Waals surface area contributed by atoms with Gasteiger partial charge in [0.15, 0.2) is 11.5 Å². The highest BCUT2D eigenvalue weighted by atomic mass is 16.6. The first kappa shape index (κ1) is 23.3. The fourth-order valence-electron chi connectivity index (χ4n) is 4.29. The van der Waals surface area contributed by atoms with Gasteiger partial charge in [-0.3, -0.25) is 9.59 Å². The van der Waals surface area contributed by atoms with Gasteiger partial charge in [-0.15, -0.1) is 0 Å². The molecule has 3 aromatic carbocycles. The van der Waals surface area contributed by atoms with Crippen LogP contribution in [0.4, 0.5) is 0 Å². The molecule has 0 saturated carbocycles. The Bertz CT molecular complexity index is 1480. The number of carbonyl (C=O) groups excluding carboxylic acids is 1. The molecule has 0 unspecified atom stereocenters. The van der Waals surface area contributed by atoms with Crippen LogP contribution in [0.1, 0.15) is 21.5 Å². The molecule has 0 saturated heterocycles. The summed E-state index contributed by atoms with van der Waals surface area (Å²) in [5.74, 6) is 2.24. The molecule has 8 nitrogen and oxygen atoms in total. The van der Waals surface area contributed by atoms with Gasteiger partial charge in [-0.1, -0.05) is 24.3 Å². The van der Waals surface area contributed by atoms with Gasteiger partial charge in [-0.2, -0.15) is 0 Å². The van der Waals surface area contributed by atoms with Crippen LogP contribution in [0.5, 0.6) is 23.0 Å². The Morgan fingerprint density at radius 1 is 0.889 bits per heavy atom. The van der Waals surface area contributed by atoms with Gasteiger partial charge in [0.25, 0.3) is 11.5 Å². The van der Waals surface area contributed by atoms with Crippen LogP contribution in [0.3, 0.4) is 0 Å². The minimum Gasteiger partial charge on any atom is -0.497 e. The highest BCUT2D eigenvalue weighted by Crippen LogP contribution is 2.34. The number of aromatic nitrogens is 1. The average molecular weight is 487 g/mol. The van der Waals surface area contributed by atoms with E-state index in [1.165, 1.54) is 0 Å². The van der Waals surface area contributed by atoms with Crippen LogP contribution >= 0.6 is 0 Å². The number of aromatic amines is 1. The van der Waals surface area contributed by atoms with E-state index < -0.39 is 0 Å². The van der Waals surface area contributed by atoms with E-state index in [4.69, 9.17) is 18.9 Å². The lowest BCUT2D eigenvalue weighted by Gasteiger charge is -2.24. The van der Waals surface area contributed by atoms with Crippen LogP contribution in [0.15, 0.2) is 71.5 Å². The second-order valence-electron chi connectivity index (χ2n) is 8.41. The van der Waals surface area contributed by atoms with Gasteiger partial charge in [0.1, 0.15) is 24.7 Å². The summed E-state index contributed by atoms with van der Waals surface area (Å²) >= 11 is 0. The van der Waals surface area contributed by atoms with Crippen LogP contribution in [-0.4, -0.2) is 43.2 Å². The lowest BCUT2D eigenvalue weighted by Crippen LogP contribution is -2.32. The number of hydrogen-bond donors (Lipinski definition) is 1. The summed E-state index contributed by atoms with van der Waals surface area (Å²) in [5, 5.41) is 0.792. The zero-order chi connectivity index (χ0) is 25.1. The smallest absolute Gasteiger partial charge is 0.254 e. The van der Waals surface area contributed by atoms with Crippen molar-refractivity contribution in [3.63, 3.8) is 0 Å². The summed E-state index contributed by atoms with van der Waals surface area (Å²) in [5.41, 5.74) is 2.10. The molecule has 0 atom stereocenters. The second-order valence-corrected chi connectivity index (χ2v) is 8.41. The molecule has 4 aromatic rings. The Balaban J connectivity index is 1.53. The third-order valence-electron chi connectivity index (χ3n) is 6.10. The average Bonchev–Trinajstić information content (AvgIpc) is 2.92. The van der Waals surface area contributed by atoms with Crippen molar-refractivity contribution < 1.29 is 23.7 Å². The maximum Gasteiger partial charge on any atom is 0.254 e. The molecule has 0 bridgehead atoms. The molecule has 0 radical (unpaired) electrons. The molecular weight excluding hydrogens is 460 g/mol. The quantitative estimate of drug-likeness (QED) is 0.422. The number of pyridine rings is 1. The zero-order valence-electron chi connectivity index (χ0n) is 20.1. The lowest BCUT2D eigenvalue weighted by molar-refractivity contribution is 0.0728. The zero-order valence-corrected chi connectivity index (χ0v) is 20.1. The van der Waals surface area contributed by atoms with Gasteiger partial charge in [0.05, 0.1) is 26.3 Å². The van der Waals surface area contributed by atoms with Crippen molar-refractivity contribution in [3.8, 4) is 23.0 Å². The number of rotatable bonds is 7. The number of benzene rings is 3. The van der Waals surface area contributed by atoms with E-state index >= 15 is 0 Å². The van der Waals surface area contributed by atoms with Crippen LogP contribution in [0, 0.1) is 0 Å². The van der Waals surface area contributed by atoms with Crippen molar-refractivity contribution in [1.82, 2.24) is 9.88 Å². The predicted molar refractivity (Wildman–Crippen MR) is 135 cm³/mol. The first-order valence-corrected chi connectivity index (χ1v) is 11.6. The standard InChI is InChI=1S/C28H26N2O6/c1-33-22-8-5-7-18(13-22)28(32)30(16-19-6-3-4-9-24(19)34-2)17-21-12-20-14-25-26(36-11-10-35-25)15-23(20)29-27(21)31/h3-9,12-15H,10-11,16-17H2,1-2H3,(H,29,31). The fraction of sp³-hybridized carbons (Fsp3) is 0.214. The van der Waals surface area contributed by atoms with Gasteiger partial charge in [0.2, 0.25) is 0 Å². The van der Waals surface area contributed by atoms with Crippen molar-refractivity contribution >= 4 is 16.8 Å². The fourth-order valence-corrected chi connectivity index (χ4v) is 4.29. The molecule has 1 N–H and O–H groups in total. The first-order chi connectivity index (χ1) is 17.6. The van der Waals surface area contributed by atoms with Crippen molar-refractivity contribution in [1.29, 1.82) is 0 Å². The van der Waals surface area contributed by atoms with Gasteiger partial charge in [-0.25, -0.2) is 0 Å². The van der Waals surface area contributed by atoms with Gasteiger partial charge >= 0.3 is 0 Å². The summed E-state index contributed by atoms with van der Waals surface area (Å²) in [6, 6.07) is 19.9. The molecule has 8 heteroatoms. The monoisotopic (exact) mass is 486 g/mol. The Hall–Kier alpha value is -4.46. The molecule has 0 fully saturated rings. The van der Waals surface area contributed by atoms with Crippen molar-refractivity contribution in [2.45, 2.75) is 13.1 Å². The minimum atomic E-state index is -0.275. The van der Waals surface area contributed by atoms with E-state index in [-0.39, 0.29) is 24.6 Å². The largest absolute Gasteiger partial charge is 0.497 e. The van der Waals surface area contributed by atoms with Crippen LogP contribution < -0.4 is 24.5 Å². The molecular formula is C28H26N2O6. The molecule has 36 heavy (non-hydrogen) atoms. The molecule has 0 aliphatic carbocycles. The predicted octanol–water partition coefficient (Wildman–Crippen LogP) is 4.16. The number of ether oxygens (including phenoxy) is 4. The molecule has 5 rings (SSSR count). The van der Waals surface area contributed by atoms with Gasteiger partial charge < -0.3 is 28.8 Å². The maximum atomic E-state index is 13.7. The summed E-state index contributed by atoms with van der Waals surface area (Å²) in [6.45, 7) is 1.27. The Morgan fingerprint density at radius 3 is 2.42 bits per heavy atom. The molecule has 1 aliphatic heterocycles. The van der Waals surface area contributed by atoms with Crippen LogP contribution in [0.2, 0.25) is 0 Å². The first-order valence-electron chi connectivity index (χ1n) is 11.6. The van der Waals surface area contributed by atoms with Crippen LogP contribution in [-0.2, 0) is 13.1 Å². The maximum absolute atomic E-state index is 13.7. The summed E-state index contributed by atoms with van der Waals surface area (Å²) < 4.78 is 22.1. The number of methoxy groups -OCH3 is 2.